The van der Waals surface area contributed by atoms with Crippen molar-refractivity contribution in [1.29, 1.82) is 0 Å². The minimum absolute atomic E-state index is 0.0540. The number of amides is 1. The van der Waals surface area contributed by atoms with E-state index in [9.17, 15) is 4.79 Å². The second-order valence-electron chi connectivity index (χ2n) is 2.96. The van der Waals surface area contributed by atoms with Crippen LogP contribution in [-0.2, 0) is 11.3 Å². The van der Waals surface area contributed by atoms with Crippen molar-refractivity contribution in [2.45, 2.75) is 33.2 Å². The highest BCUT2D eigenvalue weighted by Gasteiger charge is 2.04. The van der Waals surface area contributed by atoms with Gasteiger partial charge in [-0.05, 0) is 13.3 Å². The summed E-state index contributed by atoms with van der Waals surface area (Å²) in [4.78, 5) is 11.1. The fourth-order valence-corrected chi connectivity index (χ4v) is 0.979. The van der Waals surface area contributed by atoms with Gasteiger partial charge in [0.2, 0.25) is 5.91 Å². The van der Waals surface area contributed by atoms with Crippen molar-refractivity contribution in [3.63, 3.8) is 0 Å². The molecule has 4 nitrogen and oxygen atoms in total. The Balaban J connectivity index is 2.35. The van der Waals surface area contributed by atoms with E-state index in [1.807, 2.05) is 13.8 Å². The molecule has 0 bridgehead atoms. The third-order valence-electron chi connectivity index (χ3n) is 1.77. The molecular weight excluding hydrogens is 168 g/mol. The van der Waals surface area contributed by atoms with Crippen LogP contribution in [0.5, 0.6) is 0 Å². The Labute approximate surface area is 77.3 Å². The minimum Gasteiger partial charge on any atom is -0.359 e. The van der Waals surface area contributed by atoms with Crippen molar-refractivity contribution in [2.24, 2.45) is 0 Å². The highest BCUT2D eigenvalue weighted by molar-refractivity contribution is 5.75. The molecule has 0 unspecified atom stereocenters. The molecule has 0 radical (unpaired) electrons. The summed E-state index contributed by atoms with van der Waals surface area (Å²) in [6.07, 6.45) is 3.07. The highest BCUT2D eigenvalue weighted by atomic mass is 16.5. The van der Waals surface area contributed by atoms with Gasteiger partial charge in [-0.2, -0.15) is 0 Å². The van der Waals surface area contributed by atoms with Crippen LogP contribution < -0.4 is 5.32 Å². The number of carbonyl (C=O) groups is 1. The largest absolute Gasteiger partial charge is 0.359 e. The number of hydrogen-bond acceptors (Lipinski definition) is 3. The monoisotopic (exact) mass is 182 g/mol. The number of nitrogens with one attached hydrogen (secondary N) is 1. The lowest BCUT2D eigenvalue weighted by Crippen LogP contribution is -2.22. The summed E-state index contributed by atoms with van der Waals surface area (Å²) in [7, 11) is 0. The summed E-state index contributed by atoms with van der Waals surface area (Å²) < 4.78 is 4.93. The van der Waals surface area contributed by atoms with Crippen molar-refractivity contribution in [3.05, 3.63) is 17.5 Å². The summed E-state index contributed by atoms with van der Waals surface area (Å²) in [6.45, 7) is 4.31. The summed E-state index contributed by atoms with van der Waals surface area (Å²) in [6, 6.07) is 0. The number of nitrogens with zero attached hydrogens (tertiary/aromatic N) is 1. The molecule has 4 heteroatoms. The van der Waals surface area contributed by atoms with E-state index in [1.165, 1.54) is 0 Å². The van der Waals surface area contributed by atoms with Gasteiger partial charge in [0.05, 0.1) is 12.7 Å². The van der Waals surface area contributed by atoms with E-state index in [2.05, 4.69) is 10.5 Å². The standard InChI is InChI=1S/C9H14N2O2/c1-3-4-9(12)10-6-8-7(2)5-11-13-8/h5H,3-4,6H2,1-2H3,(H,10,12). The number of aromatic nitrogens is 1. The molecule has 1 N–H and O–H groups in total. The van der Waals surface area contributed by atoms with Gasteiger partial charge in [0.1, 0.15) is 0 Å². The molecule has 72 valence electrons. The van der Waals surface area contributed by atoms with Crippen LogP contribution in [0.3, 0.4) is 0 Å². The Hall–Kier alpha value is -1.32. The van der Waals surface area contributed by atoms with Crippen LogP contribution in [0.25, 0.3) is 0 Å². The van der Waals surface area contributed by atoms with Gasteiger partial charge in [-0.25, -0.2) is 0 Å². The van der Waals surface area contributed by atoms with Crippen molar-refractivity contribution in [2.75, 3.05) is 0 Å². The maximum absolute atomic E-state index is 11.1. The Kier molecular flexibility index (Phi) is 3.49. The van der Waals surface area contributed by atoms with Gasteiger partial charge in [-0.3, -0.25) is 4.79 Å². The fraction of sp³-hybridized carbons (Fsp3) is 0.556. The molecule has 1 aromatic rings. The van der Waals surface area contributed by atoms with E-state index >= 15 is 0 Å². The normalized spacial score (nSPS) is 10.0. The average Bonchev–Trinajstić information content (AvgIpc) is 2.48. The Morgan fingerprint density at radius 1 is 1.69 bits per heavy atom. The Morgan fingerprint density at radius 2 is 2.46 bits per heavy atom. The maximum Gasteiger partial charge on any atom is 0.220 e. The molecule has 1 amide bonds. The van der Waals surface area contributed by atoms with Gasteiger partial charge in [0.15, 0.2) is 5.76 Å². The zero-order valence-corrected chi connectivity index (χ0v) is 7.96. The lowest BCUT2D eigenvalue weighted by atomic mass is 10.3. The van der Waals surface area contributed by atoms with Crippen LogP contribution in [0, 0.1) is 6.92 Å². The minimum atomic E-state index is 0.0540. The van der Waals surface area contributed by atoms with Gasteiger partial charge in [-0.15, -0.1) is 0 Å². The zero-order valence-electron chi connectivity index (χ0n) is 7.96. The van der Waals surface area contributed by atoms with Gasteiger partial charge in [-0.1, -0.05) is 12.1 Å². The average molecular weight is 182 g/mol. The smallest absolute Gasteiger partial charge is 0.220 e. The molecule has 0 aliphatic rings. The van der Waals surface area contributed by atoms with Crippen molar-refractivity contribution >= 4 is 5.91 Å². The Morgan fingerprint density at radius 3 is 3.00 bits per heavy atom. The van der Waals surface area contributed by atoms with Crippen LogP contribution in [0.15, 0.2) is 10.7 Å². The van der Waals surface area contributed by atoms with Crippen LogP contribution >= 0.6 is 0 Å². The third-order valence-corrected chi connectivity index (χ3v) is 1.77. The molecule has 1 aromatic heterocycles. The number of hydrogen-bond donors (Lipinski definition) is 1. The summed E-state index contributed by atoms with van der Waals surface area (Å²) in [5, 5.41) is 6.37. The van der Waals surface area contributed by atoms with E-state index in [-0.39, 0.29) is 5.91 Å². The SMILES string of the molecule is CCCC(=O)NCc1oncc1C. The van der Waals surface area contributed by atoms with Crippen LogP contribution in [0.2, 0.25) is 0 Å². The van der Waals surface area contributed by atoms with Gasteiger partial charge in [0.25, 0.3) is 0 Å². The molecule has 0 aromatic carbocycles. The van der Waals surface area contributed by atoms with E-state index in [0.717, 1.165) is 17.7 Å². The van der Waals surface area contributed by atoms with Gasteiger partial charge < -0.3 is 9.84 Å². The third kappa shape index (κ3) is 2.89. The van der Waals surface area contributed by atoms with Crippen molar-refractivity contribution in [3.8, 4) is 0 Å². The molecule has 13 heavy (non-hydrogen) atoms. The number of carbonyl (C=O) groups excluding carboxylic acids is 1. The molecule has 1 rings (SSSR count). The quantitative estimate of drug-likeness (QED) is 0.765. The lowest BCUT2D eigenvalue weighted by molar-refractivity contribution is -0.121. The van der Waals surface area contributed by atoms with E-state index < -0.39 is 0 Å². The van der Waals surface area contributed by atoms with Gasteiger partial charge in [0, 0.05) is 12.0 Å². The second kappa shape index (κ2) is 4.64. The molecule has 1 heterocycles. The first kappa shape index (κ1) is 9.77. The van der Waals surface area contributed by atoms with E-state index in [4.69, 9.17) is 4.52 Å². The lowest BCUT2D eigenvalue weighted by Gasteiger charge is -2.00. The first-order valence-corrected chi connectivity index (χ1v) is 4.41. The molecule has 0 saturated heterocycles. The van der Waals surface area contributed by atoms with Crippen LogP contribution in [0.4, 0.5) is 0 Å². The van der Waals surface area contributed by atoms with E-state index in [0.29, 0.717) is 13.0 Å². The van der Waals surface area contributed by atoms with Crippen molar-refractivity contribution in [1.82, 2.24) is 10.5 Å². The molecular formula is C9H14N2O2. The molecule has 0 saturated carbocycles. The molecule has 0 aliphatic carbocycles. The summed E-state index contributed by atoms with van der Waals surface area (Å²) in [5.41, 5.74) is 0.969. The topological polar surface area (TPSA) is 55.1 Å². The van der Waals surface area contributed by atoms with Gasteiger partial charge >= 0.3 is 0 Å². The highest BCUT2D eigenvalue weighted by Crippen LogP contribution is 2.04. The first-order chi connectivity index (χ1) is 6.24. The predicted molar refractivity (Wildman–Crippen MR) is 48.0 cm³/mol. The second-order valence-corrected chi connectivity index (χ2v) is 2.96. The van der Waals surface area contributed by atoms with E-state index in [1.54, 1.807) is 6.20 Å². The van der Waals surface area contributed by atoms with Crippen LogP contribution in [-0.4, -0.2) is 11.1 Å². The summed E-state index contributed by atoms with van der Waals surface area (Å²) >= 11 is 0. The zero-order chi connectivity index (χ0) is 9.68. The Bertz CT molecular complexity index is 281. The van der Waals surface area contributed by atoms with Crippen LogP contribution in [0.1, 0.15) is 31.1 Å². The molecule has 0 aliphatic heterocycles. The predicted octanol–water partition coefficient (Wildman–Crippen LogP) is 1.40. The van der Waals surface area contributed by atoms with Crippen molar-refractivity contribution < 1.29 is 9.32 Å². The molecule has 0 spiro atoms. The summed E-state index contributed by atoms with van der Waals surface area (Å²) in [5.74, 6) is 0.780. The number of aryl methyl sites for hydroxylation is 1. The first-order valence-electron chi connectivity index (χ1n) is 4.41. The molecule has 0 fully saturated rings. The maximum atomic E-state index is 11.1. The number of rotatable bonds is 4. The fourth-order valence-electron chi connectivity index (χ4n) is 0.979. The molecule has 0 atom stereocenters.